The molecule has 0 spiro atoms. The summed E-state index contributed by atoms with van der Waals surface area (Å²) in [6.45, 7) is 10.6. The quantitative estimate of drug-likeness (QED) is 0.726. The van der Waals surface area contributed by atoms with Gasteiger partial charge >= 0.3 is 12.0 Å². The monoisotopic (exact) mass is 364 g/mol. The number of esters is 1. The van der Waals surface area contributed by atoms with Crippen molar-refractivity contribution in [1.82, 2.24) is 10.6 Å². The molecule has 0 bridgehead atoms. The second kappa shape index (κ2) is 9.79. The smallest absolute Gasteiger partial charge is 0.344 e. The SMILES string of the molecule is Cc1ccc(C(C)C)cc1OCC(=O)O[C@H](C)C(=O)NC(=O)NC(C)C. The molecule has 3 amide bonds. The number of aryl methyl sites for hydroxylation is 1. The molecular weight excluding hydrogens is 336 g/mol. The van der Waals surface area contributed by atoms with E-state index in [4.69, 9.17) is 9.47 Å². The number of ether oxygens (including phenoxy) is 2. The molecule has 0 saturated carbocycles. The first-order valence-electron chi connectivity index (χ1n) is 8.64. The first-order chi connectivity index (χ1) is 12.1. The maximum Gasteiger partial charge on any atom is 0.344 e. The first kappa shape index (κ1) is 21.5. The molecule has 1 atom stereocenters. The van der Waals surface area contributed by atoms with Gasteiger partial charge in [-0.1, -0.05) is 26.0 Å². The van der Waals surface area contributed by atoms with Crippen molar-refractivity contribution < 1.29 is 23.9 Å². The summed E-state index contributed by atoms with van der Waals surface area (Å²) in [5, 5.41) is 4.63. The van der Waals surface area contributed by atoms with Gasteiger partial charge in [0.15, 0.2) is 12.7 Å². The average molecular weight is 364 g/mol. The van der Waals surface area contributed by atoms with E-state index >= 15 is 0 Å². The Morgan fingerprint density at radius 1 is 1.08 bits per heavy atom. The van der Waals surface area contributed by atoms with Gasteiger partial charge in [-0.25, -0.2) is 9.59 Å². The third-order valence-electron chi connectivity index (χ3n) is 3.56. The lowest BCUT2D eigenvalue weighted by Gasteiger charge is -2.15. The van der Waals surface area contributed by atoms with Crippen LogP contribution in [0.3, 0.4) is 0 Å². The number of hydrogen-bond acceptors (Lipinski definition) is 5. The molecule has 0 saturated heterocycles. The Bertz CT molecular complexity index is 655. The Balaban J connectivity index is 2.52. The number of rotatable bonds is 7. The lowest BCUT2D eigenvalue weighted by atomic mass is 10.0. The summed E-state index contributed by atoms with van der Waals surface area (Å²) in [4.78, 5) is 35.2. The highest BCUT2D eigenvalue weighted by molar-refractivity contribution is 5.97. The van der Waals surface area contributed by atoms with E-state index in [0.29, 0.717) is 11.7 Å². The normalized spacial score (nSPS) is 11.8. The Morgan fingerprint density at radius 2 is 1.73 bits per heavy atom. The summed E-state index contributed by atoms with van der Waals surface area (Å²) < 4.78 is 10.5. The van der Waals surface area contributed by atoms with Crippen LogP contribution in [0.15, 0.2) is 18.2 Å². The number of carbonyl (C=O) groups is 3. The summed E-state index contributed by atoms with van der Waals surface area (Å²) in [6, 6.07) is 5.09. The van der Waals surface area contributed by atoms with Crippen molar-refractivity contribution in [1.29, 1.82) is 0 Å². The first-order valence-corrected chi connectivity index (χ1v) is 8.64. The van der Waals surface area contributed by atoms with E-state index in [1.807, 2.05) is 25.1 Å². The van der Waals surface area contributed by atoms with Crippen molar-refractivity contribution >= 4 is 17.9 Å². The molecule has 0 aliphatic rings. The zero-order valence-corrected chi connectivity index (χ0v) is 16.2. The second-order valence-electron chi connectivity index (χ2n) is 6.72. The van der Waals surface area contributed by atoms with Crippen molar-refractivity contribution in [3.63, 3.8) is 0 Å². The van der Waals surface area contributed by atoms with E-state index in [9.17, 15) is 14.4 Å². The molecule has 0 aliphatic heterocycles. The van der Waals surface area contributed by atoms with Crippen LogP contribution in [0.2, 0.25) is 0 Å². The number of carbonyl (C=O) groups excluding carboxylic acids is 3. The van der Waals surface area contributed by atoms with Gasteiger partial charge in [-0.3, -0.25) is 10.1 Å². The molecule has 1 aromatic carbocycles. The third-order valence-corrected chi connectivity index (χ3v) is 3.56. The predicted molar refractivity (Wildman–Crippen MR) is 98.1 cm³/mol. The Kier molecular flexibility index (Phi) is 8.09. The molecule has 0 unspecified atom stereocenters. The number of nitrogens with one attached hydrogen (secondary N) is 2. The minimum Gasteiger partial charge on any atom is -0.482 e. The van der Waals surface area contributed by atoms with E-state index < -0.39 is 24.0 Å². The van der Waals surface area contributed by atoms with Gasteiger partial charge in [0.25, 0.3) is 5.91 Å². The summed E-state index contributed by atoms with van der Waals surface area (Å²) in [6.07, 6.45) is -1.10. The van der Waals surface area contributed by atoms with Gasteiger partial charge in [-0.15, -0.1) is 0 Å². The number of imide groups is 1. The maximum absolute atomic E-state index is 11.9. The fourth-order valence-corrected chi connectivity index (χ4v) is 2.06. The van der Waals surface area contributed by atoms with Crippen molar-refractivity contribution in [3.8, 4) is 5.75 Å². The minimum atomic E-state index is -1.10. The van der Waals surface area contributed by atoms with Crippen LogP contribution in [0.4, 0.5) is 4.79 Å². The van der Waals surface area contributed by atoms with Crippen molar-refractivity contribution in [3.05, 3.63) is 29.3 Å². The minimum absolute atomic E-state index is 0.112. The molecule has 1 aromatic rings. The predicted octanol–water partition coefficient (Wildman–Crippen LogP) is 2.66. The fraction of sp³-hybridized carbons (Fsp3) is 0.526. The van der Waals surface area contributed by atoms with E-state index in [1.54, 1.807) is 13.8 Å². The number of urea groups is 1. The van der Waals surface area contributed by atoms with Crippen LogP contribution in [-0.4, -0.2) is 36.7 Å². The van der Waals surface area contributed by atoms with E-state index in [2.05, 4.69) is 24.5 Å². The van der Waals surface area contributed by atoms with E-state index in [-0.39, 0.29) is 12.6 Å². The summed E-state index contributed by atoms with van der Waals surface area (Å²) in [5.41, 5.74) is 2.00. The average Bonchev–Trinajstić information content (AvgIpc) is 2.52. The zero-order valence-electron chi connectivity index (χ0n) is 16.2. The van der Waals surface area contributed by atoms with Gasteiger partial charge < -0.3 is 14.8 Å². The molecule has 7 heteroatoms. The molecule has 0 heterocycles. The molecule has 0 aliphatic carbocycles. The van der Waals surface area contributed by atoms with Crippen LogP contribution in [-0.2, 0) is 14.3 Å². The number of hydrogen-bond donors (Lipinski definition) is 2. The molecule has 0 radical (unpaired) electrons. The van der Waals surface area contributed by atoms with Crippen LogP contribution in [0.1, 0.15) is 51.7 Å². The highest BCUT2D eigenvalue weighted by Crippen LogP contribution is 2.24. The lowest BCUT2D eigenvalue weighted by Crippen LogP contribution is -2.46. The molecule has 0 fully saturated rings. The van der Waals surface area contributed by atoms with Gasteiger partial charge in [0.2, 0.25) is 0 Å². The molecular formula is C19H28N2O5. The largest absolute Gasteiger partial charge is 0.482 e. The van der Waals surface area contributed by atoms with Gasteiger partial charge in [0.1, 0.15) is 5.75 Å². The third kappa shape index (κ3) is 7.13. The van der Waals surface area contributed by atoms with Crippen LogP contribution >= 0.6 is 0 Å². The molecule has 2 N–H and O–H groups in total. The fourth-order valence-electron chi connectivity index (χ4n) is 2.06. The van der Waals surface area contributed by atoms with Gasteiger partial charge in [0.05, 0.1) is 0 Å². The second-order valence-corrected chi connectivity index (χ2v) is 6.72. The molecule has 0 aromatic heterocycles. The summed E-state index contributed by atoms with van der Waals surface area (Å²) in [7, 11) is 0. The molecule has 144 valence electrons. The van der Waals surface area contributed by atoms with Crippen LogP contribution in [0, 0.1) is 6.92 Å². The Labute approximate surface area is 154 Å². The van der Waals surface area contributed by atoms with Crippen molar-refractivity contribution in [2.75, 3.05) is 6.61 Å². The van der Waals surface area contributed by atoms with Gasteiger partial charge in [0, 0.05) is 6.04 Å². The summed E-state index contributed by atoms with van der Waals surface area (Å²) >= 11 is 0. The number of amides is 3. The highest BCUT2D eigenvalue weighted by atomic mass is 16.6. The van der Waals surface area contributed by atoms with Crippen molar-refractivity contribution in [2.45, 2.75) is 59.6 Å². The molecule has 7 nitrogen and oxygen atoms in total. The summed E-state index contributed by atoms with van der Waals surface area (Å²) in [5.74, 6) is -0.451. The highest BCUT2D eigenvalue weighted by Gasteiger charge is 2.20. The number of benzene rings is 1. The topological polar surface area (TPSA) is 93.7 Å². The van der Waals surface area contributed by atoms with Gasteiger partial charge in [-0.05, 0) is 50.8 Å². The molecule has 26 heavy (non-hydrogen) atoms. The standard InChI is InChI=1S/C19H28N2O5/c1-11(2)15-8-7-13(5)16(9-15)25-10-17(22)26-14(6)18(23)21-19(24)20-12(3)4/h7-9,11-12,14H,10H2,1-6H3,(H2,20,21,23,24)/t14-/m1/s1. The lowest BCUT2D eigenvalue weighted by molar-refractivity contribution is -0.156. The molecule has 1 rings (SSSR count). The van der Waals surface area contributed by atoms with Crippen LogP contribution in [0.25, 0.3) is 0 Å². The van der Waals surface area contributed by atoms with Gasteiger partial charge in [-0.2, -0.15) is 0 Å². The van der Waals surface area contributed by atoms with Crippen LogP contribution in [0.5, 0.6) is 5.75 Å². The van der Waals surface area contributed by atoms with E-state index in [0.717, 1.165) is 11.1 Å². The Morgan fingerprint density at radius 3 is 2.31 bits per heavy atom. The maximum atomic E-state index is 11.9. The van der Waals surface area contributed by atoms with E-state index in [1.165, 1.54) is 6.92 Å². The Hall–Kier alpha value is -2.57. The van der Waals surface area contributed by atoms with Crippen molar-refractivity contribution in [2.24, 2.45) is 0 Å². The van der Waals surface area contributed by atoms with Crippen LogP contribution < -0.4 is 15.4 Å². The zero-order chi connectivity index (χ0) is 19.9.